The molecule has 0 amide bonds. The summed E-state index contributed by atoms with van der Waals surface area (Å²) in [4.78, 5) is 9.82. The van der Waals surface area contributed by atoms with Gasteiger partial charge in [0.25, 0.3) is 0 Å². The van der Waals surface area contributed by atoms with Gasteiger partial charge in [-0.1, -0.05) is 323 Å². The summed E-state index contributed by atoms with van der Waals surface area (Å²) in [6.07, 6.45) is 0. The van der Waals surface area contributed by atoms with Crippen molar-refractivity contribution in [3.05, 3.63) is 323 Å². The van der Waals surface area contributed by atoms with Gasteiger partial charge in [-0.05, 0) is 69.2 Å². The Hall–Kier alpha value is -7.55. The van der Waals surface area contributed by atoms with E-state index in [9.17, 15) is 4.79 Å². The van der Waals surface area contributed by atoms with Crippen LogP contribution < -0.4 is 0 Å². The summed E-state index contributed by atoms with van der Waals surface area (Å²) in [6.45, 7) is 22.4. The summed E-state index contributed by atoms with van der Waals surface area (Å²) in [5, 5.41) is 0. The zero-order chi connectivity index (χ0) is 51.0. The van der Waals surface area contributed by atoms with Crippen LogP contribution in [-0.2, 0) is 9.53 Å². The fourth-order valence-electron chi connectivity index (χ4n) is 5.01. The first-order valence-electron chi connectivity index (χ1n) is 23.6. The Bertz CT molecular complexity index is 1860. The van der Waals surface area contributed by atoms with E-state index in [0.29, 0.717) is 6.61 Å². The number of carbonyl (C=O) groups excluding carboxylic acids is 1. The molecule has 0 fully saturated rings. The smallest absolute Gasteiger partial charge is 0.302 e. The van der Waals surface area contributed by atoms with Gasteiger partial charge in [-0.25, -0.2) is 0 Å². The lowest BCUT2D eigenvalue weighted by atomic mass is 10.2. The van der Waals surface area contributed by atoms with Crippen molar-refractivity contribution in [1.82, 2.24) is 0 Å². The van der Waals surface area contributed by atoms with Gasteiger partial charge in [0.05, 0.1) is 6.61 Å². The van der Waals surface area contributed by atoms with Gasteiger partial charge in [0.1, 0.15) is 0 Å². The maximum Gasteiger partial charge on any atom is 0.302 e. The maximum absolute atomic E-state index is 9.82. The Morgan fingerprint density at radius 1 is 0.246 bits per heavy atom. The highest BCUT2D eigenvalue weighted by atomic mass is 16.5. The van der Waals surface area contributed by atoms with Gasteiger partial charge in [-0.15, -0.1) is 0 Å². The second-order valence-electron chi connectivity index (χ2n) is 15.8. The van der Waals surface area contributed by atoms with Crippen molar-refractivity contribution >= 4 is 5.97 Å². The molecule has 0 atom stereocenters. The number of benzene rings is 9. The Morgan fingerprint density at radius 2 is 0.348 bits per heavy atom. The Labute approximate surface area is 419 Å². The third kappa shape index (κ3) is 45.4. The van der Waals surface area contributed by atoms with Crippen molar-refractivity contribution in [3.8, 4) is 0 Å². The SMILES string of the molecule is CCOC(C)=O.Cc1ccccc1.Cc1ccccc1.Cc1ccccc1.Cc1ccccc1.Cc1ccccc1.Cc1ccccc1.Cc1ccccc1.Cc1ccccc1.Cc1ccccc1. The molecule has 0 aliphatic heterocycles. The summed E-state index contributed by atoms with van der Waals surface area (Å²) < 4.78 is 4.40. The van der Waals surface area contributed by atoms with Crippen molar-refractivity contribution in [3.63, 3.8) is 0 Å². The highest BCUT2D eigenvalue weighted by Gasteiger charge is 1.82. The highest BCUT2D eigenvalue weighted by Crippen LogP contribution is 1.97. The molecule has 9 rings (SSSR count). The predicted molar refractivity (Wildman–Crippen MR) is 303 cm³/mol. The molecule has 2 heteroatoms. The molecule has 0 bridgehead atoms. The van der Waals surface area contributed by atoms with Gasteiger partial charge in [0.15, 0.2) is 0 Å². The number of ether oxygens (including phenoxy) is 1. The average molecular weight is 917 g/mol. The second-order valence-corrected chi connectivity index (χ2v) is 15.8. The van der Waals surface area contributed by atoms with Crippen LogP contribution in [0.3, 0.4) is 0 Å². The third-order valence-electron chi connectivity index (χ3n) is 8.81. The molecular weight excluding hydrogens is 837 g/mol. The Balaban J connectivity index is 0.000000745. The van der Waals surface area contributed by atoms with Crippen LogP contribution in [0.15, 0.2) is 273 Å². The standard InChI is InChI=1S/9C7H8.C4H8O2/c9*1-7-5-3-2-4-6-7;1-3-6-4(2)5/h9*2-6H,1H3;3H2,1-2H3. The lowest BCUT2D eigenvalue weighted by Crippen LogP contribution is -1.95. The summed E-state index contributed by atoms with van der Waals surface area (Å²) in [5.74, 6) is -0.211. The van der Waals surface area contributed by atoms with Crippen LogP contribution >= 0.6 is 0 Å². The number of carbonyl (C=O) groups is 1. The first-order chi connectivity index (χ1) is 33.3. The van der Waals surface area contributed by atoms with Crippen LogP contribution in [0.2, 0.25) is 0 Å². The number of hydrogen-bond donors (Lipinski definition) is 0. The molecule has 0 saturated heterocycles. The summed E-state index contributed by atoms with van der Waals surface area (Å²) in [6, 6.07) is 92.4. The zero-order valence-electron chi connectivity index (χ0n) is 43.5. The normalized spacial score (nSPS) is 8.62. The molecule has 69 heavy (non-hydrogen) atoms. The van der Waals surface area contributed by atoms with Crippen LogP contribution in [0.25, 0.3) is 0 Å². The Kier molecular flexibility index (Phi) is 39.4. The zero-order valence-corrected chi connectivity index (χ0v) is 43.5. The first-order valence-corrected chi connectivity index (χ1v) is 23.6. The van der Waals surface area contributed by atoms with Crippen LogP contribution in [-0.4, -0.2) is 12.6 Å². The molecule has 0 aromatic heterocycles. The van der Waals surface area contributed by atoms with E-state index in [4.69, 9.17) is 0 Å². The first kappa shape index (κ1) is 61.5. The molecule has 0 saturated carbocycles. The number of rotatable bonds is 1. The van der Waals surface area contributed by atoms with E-state index in [1.165, 1.54) is 57.0 Å². The minimum atomic E-state index is -0.211. The van der Waals surface area contributed by atoms with Crippen LogP contribution in [0.5, 0.6) is 0 Å². The van der Waals surface area contributed by atoms with Gasteiger partial charge in [-0.2, -0.15) is 0 Å². The van der Waals surface area contributed by atoms with Crippen LogP contribution in [0, 0.1) is 62.3 Å². The van der Waals surface area contributed by atoms with Gasteiger partial charge >= 0.3 is 5.97 Å². The summed E-state index contributed by atoms with van der Waals surface area (Å²) in [7, 11) is 0. The number of aryl methyl sites for hydroxylation is 9. The van der Waals surface area contributed by atoms with Crippen molar-refractivity contribution in [2.24, 2.45) is 0 Å². The minimum absolute atomic E-state index is 0.211. The van der Waals surface area contributed by atoms with Gasteiger partial charge < -0.3 is 4.74 Å². The quantitative estimate of drug-likeness (QED) is 0.153. The summed E-state index contributed by atoms with van der Waals surface area (Å²) in [5.41, 5.74) is 11.9. The van der Waals surface area contributed by atoms with E-state index in [1.54, 1.807) is 6.92 Å². The molecule has 9 aromatic rings. The molecule has 0 radical (unpaired) electrons. The predicted octanol–water partition coefficient (Wildman–Crippen LogP) is 18.5. The van der Waals surface area contributed by atoms with E-state index in [1.807, 2.05) is 164 Å². The average Bonchev–Trinajstić information content (AvgIpc) is 3.36. The molecular formula is C67H80O2. The molecule has 0 N–H and O–H groups in total. The molecule has 0 spiro atoms. The number of hydrogen-bond acceptors (Lipinski definition) is 2. The highest BCUT2D eigenvalue weighted by molar-refractivity contribution is 5.65. The minimum Gasteiger partial charge on any atom is -0.466 e. The van der Waals surface area contributed by atoms with E-state index in [0.717, 1.165) is 0 Å². The van der Waals surface area contributed by atoms with Crippen molar-refractivity contribution in [1.29, 1.82) is 0 Å². The van der Waals surface area contributed by atoms with Crippen LogP contribution in [0.1, 0.15) is 63.9 Å². The monoisotopic (exact) mass is 917 g/mol. The van der Waals surface area contributed by atoms with Gasteiger partial charge in [0.2, 0.25) is 0 Å². The lowest BCUT2D eigenvalue weighted by Gasteiger charge is -1.89. The van der Waals surface area contributed by atoms with Crippen molar-refractivity contribution < 1.29 is 9.53 Å². The molecule has 0 aliphatic rings. The molecule has 0 heterocycles. The van der Waals surface area contributed by atoms with E-state index >= 15 is 0 Å². The molecule has 360 valence electrons. The molecule has 0 unspecified atom stereocenters. The van der Waals surface area contributed by atoms with E-state index in [2.05, 4.69) is 176 Å². The topological polar surface area (TPSA) is 26.3 Å². The van der Waals surface area contributed by atoms with Crippen molar-refractivity contribution in [2.45, 2.75) is 76.2 Å². The third-order valence-corrected chi connectivity index (χ3v) is 8.81. The van der Waals surface area contributed by atoms with Crippen molar-refractivity contribution in [2.75, 3.05) is 6.61 Å². The molecule has 2 nitrogen and oxygen atoms in total. The van der Waals surface area contributed by atoms with Gasteiger partial charge in [0, 0.05) is 6.92 Å². The lowest BCUT2D eigenvalue weighted by molar-refractivity contribution is -0.140. The van der Waals surface area contributed by atoms with E-state index < -0.39 is 0 Å². The van der Waals surface area contributed by atoms with Crippen LogP contribution in [0.4, 0.5) is 0 Å². The molecule has 0 aliphatic carbocycles. The summed E-state index contributed by atoms with van der Waals surface area (Å²) >= 11 is 0. The second kappa shape index (κ2) is 44.3. The van der Waals surface area contributed by atoms with Gasteiger partial charge in [-0.3, -0.25) is 4.79 Å². The Morgan fingerprint density at radius 3 is 0.377 bits per heavy atom. The largest absolute Gasteiger partial charge is 0.466 e. The number of esters is 1. The molecule has 9 aromatic carbocycles. The van der Waals surface area contributed by atoms with E-state index in [-0.39, 0.29) is 5.97 Å². The fraction of sp³-hybridized carbons (Fsp3) is 0.179. The maximum atomic E-state index is 9.82. The fourth-order valence-corrected chi connectivity index (χ4v) is 5.01.